The second kappa shape index (κ2) is 18.4. The molecule has 0 spiro atoms. The highest BCUT2D eigenvalue weighted by Gasteiger charge is 2.27. The van der Waals surface area contributed by atoms with Gasteiger partial charge in [-0.25, -0.2) is 9.48 Å². The largest absolute Gasteiger partial charge is 0.427 e. The molecule has 0 saturated carbocycles. The molecular formula is C43H48N8O6. The average molecular weight is 773 g/mol. The number of carbonyl (C=O) groups is 5. The first-order valence-corrected chi connectivity index (χ1v) is 19.2. The summed E-state index contributed by atoms with van der Waals surface area (Å²) in [6, 6.07) is 19.6. The van der Waals surface area contributed by atoms with E-state index in [-0.39, 0.29) is 48.8 Å². The van der Waals surface area contributed by atoms with Crippen LogP contribution in [0.1, 0.15) is 76.3 Å². The Hall–Kier alpha value is -6.54. The minimum Gasteiger partial charge on any atom is -0.427 e. The van der Waals surface area contributed by atoms with Crippen LogP contribution >= 0.6 is 0 Å². The molecule has 14 heteroatoms. The molecule has 14 nitrogen and oxygen atoms in total. The summed E-state index contributed by atoms with van der Waals surface area (Å²) in [6.45, 7) is 11.4. The summed E-state index contributed by atoms with van der Waals surface area (Å²) >= 11 is 0. The van der Waals surface area contributed by atoms with Crippen molar-refractivity contribution < 1.29 is 28.7 Å². The third kappa shape index (κ3) is 9.83. The Balaban J connectivity index is 1.03. The Morgan fingerprint density at radius 3 is 2.49 bits per heavy atom. The number of aromatic nitrogens is 3. The van der Waals surface area contributed by atoms with Crippen molar-refractivity contribution in [3.05, 3.63) is 107 Å². The number of benzene rings is 3. The van der Waals surface area contributed by atoms with Gasteiger partial charge in [0.05, 0.1) is 22.9 Å². The van der Waals surface area contributed by atoms with E-state index < -0.39 is 5.97 Å². The first kappa shape index (κ1) is 40.1. The number of nitrogens with one attached hydrogen (secondary N) is 5. The van der Waals surface area contributed by atoms with Gasteiger partial charge >= 0.3 is 12.0 Å². The van der Waals surface area contributed by atoms with Crippen LogP contribution in [0.5, 0.6) is 5.75 Å². The molecule has 5 aromatic rings. The molecule has 3 heterocycles. The van der Waals surface area contributed by atoms with E-state index in [1.807, 2.05) is 44.2 Å². The van der Waals surface area contributed by atoms with Gasteiger partial charge in [-0.15, -0.1) is 0 Å². The summed E-state index contributed by atoms with van der Waals surface area (Å²) in [5.41, 5.74) is 6.23. The molecular weight excluding hydrogens is 725 g/mol. The number of anilines is 2. The van der Waals surface area contributed by atoms with Gasteiger partial charge in [0, 0.05) is 66.2 Å². The molecule has 0 saturated heterocycles. The fourth-order valence-electron chi connectivity index (χ4n) is 6.84. The van der Waals surface area contributed by atoms with Gasteiger partial charge in [0.25, 0.3) is 11.8 Å². The molecule has 296 valence electrons. The molecule has 0 radical (unpaired) electrons. The molecule has 5 N–H and O–H groups in total. The van der Waals surface area contributed by atoms with Crippen LogP contribution in [-0.4, -0.2) is 82.1 Å². The second-order valence-corrected chi connectivity index (χ2v) is 13.8. The predicted octanol–water partition coefficient (Wildman–Crippen LogP) is 6.33. The zero-order valence-electron chi connectivity index (χ0n) is 32.7. The number of amides is 4. The van der Waals surface area contributed by atoms with E-state index in [0.29, 0.717) is 64.5 Å². The molecule has 0 bridgehead atoms. The minimum atomic E-state index is -0.534. The van der Waals surface area contributed by atoms with Crippen molar-refractivity contribution in [2.45, 2.75) is 53.4 Å². The number of rotatable bonds is 16. The van der Waals surface area contributed by atoms with Gasteiger partial charge in [0.2, 0.25) is 5.91 Å². The van der Waals surface area contributed by atoms with Crippen molar-refractivity contribution in [1.29, 1.82) is 0 Å². The van der Waals surface area contributed by atoms with Crippen LogP contribution in [0.25, 0.3) is 22.6 Å². The number of nitrogens with zero attached hydrogens (tertiary/aromatic N) is 3. The molecule has 0 fully saturated rings. The highest BCUT2D eigenvalue weighted by Crippen LogP contribution is 2.36. The number of ether oxygens (including phenoxy) is 1. The maximum atomic E-state index is 13.2. The number of H-pyrrole nitrogens is 1. The zero-order chi connectivity index (χ0) is 40.5. The predicted molar refractivity (Wildman–Crippen MR) is 220 cm³/mol. The van der Waals surface area contributed by atoms with Crippen molar-refractivity contribution in [3.8, 4) is 5.75 Å². The summed E-state index contributed by atoms with van der Waals surface area (Å²) in [7, 11) is 0. The van der Waals surface area contributed by atoms with Crippen LogP contribution in [0.15, 0.2) is 72.9 Å². The number of likely N-dealkylation sites (N-methyl/N-ethyl adjacent to an activating group) is 1. The maximum absolute atomic E-state index is 13.2. The topological polar surface area (TPSA) is 180 Å². The lowest BCUT2D eigenvalue weighted by molar-refractivity contribution is -0.134. The van der Waals surface area contributed by atoms with Crippen LogP contribution in [0.4, 0.5) is 16.2 Å². The molecule has 57 heavy (non-hydrogen) atoms. The van der Waals surface area contributed by atoms with Crippen molar-refractivity contribution in [1.82, 2.24) is 30.3 Å². The van der Waals surface area contributed by atoms with Gasteiger partial charge < -0.3 is 35.9 Å². The second-order valence-electron chi connectivity index (χ2n) is 13.8. The Labute approximate surface area is 331 Å². The summed E-state index contributed by atoms with van der Waals surface area (Å²) in [4.78, 5) is 70.2. The number of hydrogen-bond acceptors (Lipinski definition) is 8. The van der Waals surface area contributed by atoms with E-state index in [9.17, 15) is 24.0 Å². The Morgan fingerprint density at radius 1 is 0.930 bits per heavy atom. The SMILES string of the molecule is CCN(CC)CCNC(=O)c1c(C)[nH]c(/C=C2\C(=O)Nc3ccc(OC(=O)CCCC(=O)n4ncc5ccc(NC(=O)NCCc6ccccc6)cc54)cc32)c1C. The number of fused-ring (bicyclic) bond motifs is 2. The van der Waals surface area contributed by atoms with E-state index in [4.69, 9.17) is 4.74 Å². The standard InChI is InChI=1S/C43H48N8O6/c1-5-50(6-2)22-21-44-42(55)40-27(3)36(47-28(40)4)25-34-33-24-32(17-18-35(33)49-41(34)54)57-39(53)14-10-13-38(52)51-37-23-31(16-15-30(37)26-46-51)48-43(56)45-20-19-29-11-8-7-9-12-29/h7-9,11-12,15-18,23-26,47H,5-6,10,13-14,19-22H2,1-4H3,(H,44,55)(H,49,54)(H2,45,48,56)/b34-25-. The highest BCUT2D eigenvalue weighted by molar-refractivity contribution is 6.35. The number of aromatic amines is 1. The lowest BCUT2D eigenvalue weighted by Crippen LogP contribution is -2.35. The van der Waals surface area contributed by atoms with Gasteiger partial charge in [-0.1, -0.05) is 44.2 Å². The quantitative estimate of drug-likeness (QED) is 0.0439. The van der Waals surface area contributed by atoms with Gasteiger partial charge in [0.15, 0.2) is 0 Å². The van der Waals surface area contributed by atoms with Crippen LogP contribution in [0.3, 0.4) is 0 Å². The molecule has 1 aliphatic heterocycles. The average Bonchev–Trinajstić information content (AvgIpc) is 3.85. The van der Waals surface area contributed by atoms with Crippen LogP contribution in [0, 0.1) is 13.8 Å². The highest BCUT2D eigenvalue weighted by atomic mass is 16.5. The number of aryl methyl sites for hydroxylation is 1. The van der Waals surface area contributed by atoms with Crippen LogP contribution in [0.2, 0.25) is 0 Å². The minimum absolute atomic E-state index is 0.0292. The molecule has 6 rings (SSSR count). The van der Waals surface area contributed by atoms with Crippen molar-refractivity contribution in [3.63, 3.8) is 0 Å². The van der Waals surface area contributed by atoms with Crippen molar-refractivity contribution in [2.24, 2.45) is 0 Å². The number of esters is 1. The lowest BCUT2D eigenvalue weighted by atomic mass is 10.0. The molecule has 2 aromatic heterocycles. The molecule has 3 aromatic carbocycles. The van der Waals surface area contributed by atoms with E-state index in [1.165, 1.54) is 4.68 Å². The van der Waals surface area contributed by atoms with Crippen LogP contribution in [-0.2, 0) is 16.0 Å². The molecule has 0 atom stereocenters. The molecule has 0 aliphatic carbocycles. The number of hydrogen-bond donors (Lipinski definition) is 5. The third-order valence-electron chi connectivity index (χ3n) is 9.98. The van der Waals surface area contributed by atoms with E-state index in [0.717, 1.165) is 36.1 Å². The monoisotopic (exact) mass is 772 g/mol. The maximum Gasteiger partial charge on any atom is 0.319 e. The van der Waals surface area contributed by atoms with Gasteiger partial charge in [-0.2, -0.15) is 5.10 Å². The van der Waals surface area contributed by atoms with Crippen molar-refractivity contribution >= 4 is 63.6 Å². The summed E-state index contributed by atoms with van der Waals surface area (Å²) < 4.78 is 6.89. The van der Waals surface area contributed by atoms with Gasteiger partial charge in [-0.05, 0) is 93.4 Å². The van der Waals surface area contributed by atoms with E-state index in [1.54, 1.807) is 48.7 Å². The number of carbonyl (C=O) groups excluding carboxylic acids is 5. The smallest absolute Gasteiger partial charge is 0.319 e. The van der Waals surface area contributed by atoms with Crippen molar-refractivity contribution in [2.75, 3.05) is 43.4 Å². The van der Waals surface area contributed by atoms with Gasteiger partial charge in [-0.3, -0.25) is 19.2 Å². The molecule has 1 aliphatic rings. The first-order valence-electron chi connectivity index (χ1n) is 19.2. The van der Waals surface area contributed by atoms with E-state index in [2.05, 4.69) is 50.1 Å². The zero-order valence-corrected chi connectivity index (χ0v) is 32.7. The Kier molecular flexibility index (Phi) is 13.0. The molecule has 0 unspecified atom stereocenters. The fourth-order valence-corrected chi connectivity index (χ4v) is 6.84. The van der Waals surface area contributed by atoms with Crippen LogP contribution < -0.4 is 26.0 Å². The summed E-state index contributed by atoms with van der Waals surface area (Å²) in [5, 5.41) is 16.5. The van der Waals surface area contributed by atoms with E-state index >= 15 is 0 Å². The number of urea groups is 1. The normalized spacial score (nSPS) is 12.8. The Bertz CT molecular complexity index is 2320. The van der Waals surface area contributed by atoms with Gasteiger partial charge in [0.1, 0.15) is 5.75 Å². The fraction of sp³-hybridized carbons (Fsp3) is 0.302. The molecule has 4 amide bonds. The third-order valence-corrected chi connectivity index (χ3v) is 9.98. The summed E-state index contributed by atoms with van der Waals surface area (Å²) in [5.74, 6) is -1.09. The first-order chi connectivity index (χ1) is 27.5. The lowest BCUT2D eigenvalue weighted by Gasteiger charge is -2.18. The summed E-state index contributed by atoms with van der Waals surface area (Å²) in [6.07, 6.45) is 4.19. The Morgan fingerprint density at radius 2 is 1.72 bits per heavy atom.